The highest BCUT2D eigenvalue weighted by Crippen LogP contribution is 2.41. The molecule has 342 valence electrons. The van der Waals surface area contributed by atoms with E-state index in [2.05, 4.69) is 50.8 Å². The van der Waals surface area contributed by atoms with Crippen LogP contribution in [0.3, 0.4) is 0 Å². The van der Waals surface area contributed by atoms with Crippen molar-refractivity contribution in [3.05, 3.63) is 111 Å². The molecule has 0 aliphatic carbocycles. The Labute approximate surface area is 383 Å². The summed E-state index contributed by atoms with van der Waals surface area (Å²) in [5.74, 6) is -0.229. The summed E-state index contributed by atoms with van der Waals surface area (Å²) in [7, 11) is -4.57. The van der Waals surface area contributed by atoms with E-state index in [0.717, 1.165) is 61.6 Å². The number of amides is 1. The molecule has 2 saturated heterocycles. The third-order valence-electron chi connectivity index (χ3n) is 12.7. The van der Waals surface area contributed by atoms with E-state index in [1.165, 1.54) is 23.3 Å². The molecule has 4 aliphatic heterocycles. The van der Waals surface area contributed by atoms with Crippen molar-refractivity contribution in [2.24, 2.45) is 5.92 Å². The molecule has 5 aromatic rings. The lowest BCUT2D eigenvalue weighted by Gasteiger charge is -2.39. The molecular formula is C47H53ClN8O8S. The van der Waals surface area contributed by atoms with Gasteiger partial charge in [0.25, 0.3) is 21.6 Å². The Morgan fingerprint density at radius 2 is 1.75 bits per heavy atom. The van der Waals surface area contributed by atoms with Crippen molar-refractivity contribution in [3.63, 3.8) is 0 Å². The zero-order valence-corrected chi connectivity index (χ0v) is 38.1. The fraction of sp³-hybridized carbons (Fsp3) is 0.404. The van der Waals surface area contributed by atoms with Crippen molar-refractivity contribution in [2.75, 3.05) is 87.4 Å². The Morgan fingerprint density at radius 1 is 0.969 bits per heavy atom. The van der Waals surface area contributed by atoms with Crippen LogP contribution < -0.4 is 24.6 Å². The number of H-pyrrole nitrogens is 1. The highest BCUT2D eigenvalue weighted by molar-refractivity contribution is 7.90. The van der Waals surface area contributed by atoms with Crippen LogP contribution in [-0.2, 0) is 19.5 Å². The number of rotatable bonds is 12. The summed E-state index contributed by atoms with van der Waals surface area (Å²) in [5.41, 5.74) is 5.95. The number of piperazine rings is 1. The Hall–Kier alpha value is -5.72. The molecule has 0 radical (unpaired) electrons. The molecule has 16 nitrogen and oxygen atoms in total. The van der Waals surface area contributed by atoms with Gasteiger partial charge < -0.3 is 34.3 Å². The average Bonchev–Trinajstić information content (AvgIpc) is 3.66. The minimum Gasteiger partial charge on any atom is -0.476 e. The second-order valence-electron chi connectivity index (χ2n) is 17.7. The van der Waals surface area contributed by atoms with Crippen LogP contribution in [0.25, 0.3) is 16.6 Å². The number of aromatic nitrogens is 2. The first-order chi connectivity index (χ1) is 31.3. The molecule has 0 bridgehead atoms. The number of anilines is 4. The van der Waals surface area contributed by atoms with Gasteiger partial charge in [-0.1, -0.05) is 23.7 Å². The molecule has 65 heavy (non-hydrogen) atoms. The molecule has 0 saturated carbocycles. The average molecular weight is 926 g/mol. The van der Waals surface area contributed by atoms with Crippen LogP contribution >= 0.6 is 11.6 Å². The number of nitro groups is 1. The first-order valence-electron chi connectivity index (χ1n) is 22.1. The second kappa shape index (κ2) is 18.6. The van der Waals surface area contributed by atoms with Gasteiger partial charge in [-0.05, 0) is 110 Å². The standard InChI is InChI=1S/C47H53ClN8O8S/c1-47(2)27-39(32-4-6-35(48)7-5-32)34(30-64-47)29-53-17-19-54(20-18-53)36-8-10-38(41(25-36)55-16-3-21-63-46-43(55)24-33-12-15-49-44(33)51-46)45(57)52-65(60,61)37-9-11-40(42(26-37)56(58)59)50-28-31-13-22-62-23-14-31/h4-12,15,24-26,31,50H,3,13-14,16-23,27-30H2,1-2H3,(H,49,51)(H,52,57). The number of fused-ring (bicyclic) bond motifs is 2. The topological polar surface area (TPSA) is 184 Å². The lowest BCUT2D eigenvalue weighted by atomic mass is 9.87. The molecule has 4 aliphatic rings. The molecule has 9 rings (SSSR count). The summed E-state index contributed by atoms with van der Waals surface area (Å²) in [6.45, 7) is 11.1. The molecule has 2 aromatic heterocycles. The van der Waals surface area contributed by atoms with E-state index in [-0.39, 0.29) is 22.8 Å². The van der Waals surface area contributed by atoms with Crippen LogP contribution in [0.5, 0.6) is 5.88 Å². The quantitative estimate of drug-likeness (QED) is 0.0815. The zero-order valence-electron chi connectivity index (χ0n) is 36.5. The lowest BCUT2D eigenvalue weighted by molar-refractivity contribution is -0.384. The third kappa shape index (κ3) is 9.94. The van der Waals surface area contributed by atoms with Gasteiger partial charge in [0.15, 0.2) is 0 Å². The van der Waals surface area contributed by atoms with E-state index in [1.54, 1.807) is 12.3 Å². The summed E-state index contributed by atoms with van der Waals surface area (Å²) < 4.78 is 47.9. The van der Waals surface area contributed by atoms with E-state index >= 15 is 0 Å². The Bertz CT molecular complexity index is 2730. The maximum atomic E-state index is 14.4. The number of pyridine rings is 1. The summed E-state index contributed by atoms with van der Waals surface area (Å²) in [5, 5.41) is 16.9. The maximum Gasteiger partial charge on any atom is 0.293 e. The smallest absolute Gasteiger partial charge is 0.293 e. The van der Waals surface area contributed by atoms with Crippen LogP contribution in [0.2, 0.25) is 5.02 Å². The molecule has 2 fully saturated rings. The molecule has 0 unspecified atom stereocenters. The lowest BCUT2D eigenvalue weighted by Crippen LogP contribution is -2.47. The van der Waals surface area contributed by atoms with Crippen molar-refractivity contribution in [1.29, 1.82) is 0 Å². The number of nitrogens with zero attached hydrogens (tertiary/aromatic N) is 5. The van der Waals surface area contributed by atoms with Crippen LogP contribution in [0.15, 0.2) is 89.5 Å². The number of benzene rings is 3. The number of hydrogen-bond acceptors (Lipinski definition) is 13. The van der Waals surface area contributed by atoms with Gasteiger partial charge in [-0.3, -0.25) is 19.8 Å². The number of sulfonamides is 1. The highest BCUT2D eigenvalue weighted by atomic mass is 35.5. The molecule has 1 amide bonds. The molecule has 0 atom stereocenters. The van der Waals surface area contributed by atoms with E-state index in [1.807, 2.05) is 41.3 Å². The maximum absolute atomic E-state index is 14.4. The van der Waals surface area contributed by atoms with Gasteiger partial charge in [-0.15, -0.1) is 0 Å². The van der Waals surface area contributed by atoms with Gasteiger partial charge in [0.2, 0.25) is 5.88 Å². The monoisotopic (exact) mass is 924 g/mol. The van der Waals surface area contributed by atoms with Crippen molar-refractivity contribution in [1.82, 2.24) is 19.6 Å². The Balaban J connectivity index is 0.986. The van der Waals surface area contributed by atoms with Crippen LogP contribution in [0.1, 0.15) is 55.5 Å². The van der Waals surface area contributed by atoms with Crippen LogP contribution in [-0.4, -0.2) is 112 Å². The van der Waals surface area contributed by atoms with Gasteiger partial charge in [0.1, 0.15) is 17.0 Å². The number of aromatic amines is 1. The Morgan fingerprint density at radius 3 is 2.52 bits per heavy atom. The normalized spacial score (nSPS) is 18.5. The fourth-order valence-electron chi connectivity index (χ4n) is 9.07. The predicted molar refractivity (Wildman–Crippen MR) is 251 cm³/mol. The number of carbonyl (C=O) groups excluding carboxylic acids is 1. The fourth-order valence-corrected chi connectivity index (χ4v) is 10.2. The van der Waals surface area contributed by atoms with Gasteiger partial charge in [-0.2, -0.15) is 4.98 Å². The van der Waals surface area contributed by atoms with Crippen LogP contribution in [0, 0.1) is 16.0 Å². The predicted octanol–water partition coefficient (Wildman–Crippen LogP) is 7.78. The number of ether oxygens (including phenoxy) is 3. The Kier molecular flexibility index (Phi) is 12.8. The van der Waals surface area contributed by atoms with Gasteiger partial charge in [-0.25, -0.2) is 13.1 Å². The summed E-state index contributed by atoms with van der Waals surface area (Å²) in [6, 6.07) is 20.9. The molecule has 3 aromatic carbocycles. The highest BCUT2D eigenvalue weighted by Gasteiger charge is 2.32. The minimum atomic E-state index is -4.57. The molecular weight excluding hydrogens is 872 g/mol. The number of hydrogen-bond donors (Lipinski definition) is 3. The van der Waals surface area contributed by atoms with Crippen molar-refractivity contribution < 1.29 is 32.3 Å². The van der Waals surface area contributed by atoms with E-state index in [0.29, 0.717) is 87.0 Å². The number of halogens is 1. The largest absolute Gasteiger partial charge is 0.476 e. The van der Waals surface area contributed by atoms with Crippen molar-refractivity contribution >= 4 is 72.6 Å². The van der Waals surface area contributed by atoms with E-state index < -0.39 is 31.4 Å². The van der Waals surface area contributed by atoms with Gasteiger partial charge in [0, 0.05) is 93.8 Å². The molecule has 6 heterocycles. The zero-order chi connectivity index (χ0) is 45.3. The van der Waals surface area contributed by atoms with E-state index in [4.69, 9.17) is 30.8 Å². The first kappa shape index (κ1) is 44.5. The van der Waals surface area contributed by atoms with Crippen molar-refractivity contribution in [3.8, 4) is 5.88 Å². The second-order valence-corrected chi connectivity index (χ2v) is 19.8. The van der Waals surface area contributed by atoms with Crippen LogP contribution in [0.4, 0.5) is 28.4 Å². The third-order valence-corrected chi connectivity index (χ3v) is 14.3. The SMILES string of the molecule is CC1(C)CC(c2ccc(Cl)cc2)=C(CN2CCN(c3ccc(C(=O)NS(=O)(=O)c4ccc(NCC5CCOCC5)c([N+](=O)[O-])c4)c(N4CCCOc5nc6[nH]ccc6cc54)c3)CC2)CO1. The van der Waals surface area contributed by atoms with Gasteiger partial charge in [0.05, 0.1) is 39.9 Å². The summed E-state index contributed by atoms with van der Waals surface area (Å²) in [4.78, 5) is 40.1. The number of nitro benzene ring substituents is 1. The van der Waals surface area contributed by atoms with Crippen molar-refractivity contribution in [2.45, 2.75) is 50.0 Å². The summed E-state index contributed by atoms with van der Waals surface area (Å²) in [6.07, 6.45) is 4.83. The molecule has 3 N–H and O–H groups in total. The van der Waals surface area contributed by atoms with Gasteiger partial charge >= 0.3 is 0 Å². The van der Waals surface area contributed by atoms with E-state index in [9.17, 15) is 23.3 Å². The first-order valence-corrected chi connectivity index (χ1v) is 23.9. The number of nitrogens with one attached hydrogen (secondary N) is 3. The molecule has 0 spiro atoms. The molecule has 18 heteroatoms. The minimum absolute atomic E-state index is 0.101. The summed E-state index contributed by atoms with van der Waals surface area (Å²) >= 11 is 6.25. The number of carbonyl (C=O) groups is 1.